The molecule has 300 valence electrons. The van der Waals surface area contributed by atoms with Crippen LogP contribution in [0.3, 0.4) is 0 Å². The van der Waals surface area contributed by atoms with E-state index in [9.17, 15) is 9.59 Å². The lowest BCUT2D eigenvalue weighted by atomic mass is 9.91. The Balaban J connectivity index is 1.66. The van der Waals surface area contributed by atoms with E-state index in [1.165, 1.54) is 40.6 Å². The van der Waals surface area contributed by atoms with Crippen molar-refractivity contribution >= 4 is 22.7 Å². The summed E-state index contributed by atoms with van der Waals surface area (Å²) in [5, 5.41) is 2.07. The molecule has 5 aromatic rings. The molecule has 1 aliphatic heterocycles. The van der Waals surface area contributed by atoms with Crippen molar-refractivity contribution in [2.24, 2.45) is 0 Å². The smallest absolute Gasteiger partial charge is 0.339 e. The lowest BCUT2D eigenvalue weighted by Gasteiger charge is -2.26. The normalized spacial score (nSPS) is 12.7. The van der Waals surface area contributed by atoms with E-state index in [2.05, 4.69) is 0 Å². The second-order valence-corrected chi connectivity index (χ2v) is 12.5. The van der Waals surface area contributed by atoms with E-state index in [1.807, 2.05) is 72.8 Å². The zero-order chi connectivity index (χ0) is 40.0. The molecule has 57 heavy (non-hydrogen) atoms. The molecule has 0 bridgehead atoms. The van der Waals surface area contributed by atoms with Crippen LogP contribution in [0.25, 0.3) is 21.9 Å². The van der Waals surface area contributed by atoms with Crippen molar-refractivity contribution in [1.29, 1.82) is 0 Å². The van der Waals surface area contributed by atoms with Crippen LogP contribution in [-0.4, -0.2) is 80.8 Å². The fourth-order valence-corrected chi connectivity index (χ4v) is 6.05. The van der Waals surface area contributed by atoms with E-state index in [0.717, 1.165) is 21.9 Å². The fourth-order valence-electron chi connectivity index (χ4n) is 6.05. The minimum absolute atomic E-state index is 0.0261. The highest BCUT2D eigenvalue weighted by atomic mass is 16.7. The van der Waals surface area contributed by atoms with Crippen LogP contribution < -0.4 is 28.4 Å². The van der Waals surface area contributed by atoms with Crippen molar-refractivity contribution in [3.05, 3.63) is 107 Å². The van der Waals surface area contributed by atoms with Crippen molar-refractivity contribution in [3.63, 3.8) is 0 Å². The Morgan fingerprint density at radius 1 is 0.474 bits per heavy atom. The predicted octanol–water partition coefficient (Wildman–Crippen LogP) is 7.31. The third-order valence-corrected chi connectivity index (χ3v) is 8.58. The number of carbonyl (C=O) groups is 2. The summed E-state index contributed by atoms with van der Waals surface area (Å²) in [5.41, 5.74) is 1.56. The molecule has 0 aromatic heterocycles. The van der Waals surface area contributed by atoms with Crippen LogP contribution in [0.2, 0.25) is 0 Å². The predicted molar refractivity (Wildman–Crippen MR) is 206 cm³/mol. The molecular formula is C43H44O14. The van der Waals surface area contributed by atoms with E-state index in [1.54, 1.807) is 0 Å². The molecule has 0 fully saturated rings. The third-order valence-electron chi connectivity index (χ3n) is 8.58. The molecule has 0 N–H and O–H groups in total. The molecular weight excluding hydrogens is 740 g/mol. The third kappa shape index (κ3) is 9.85. The van der Waals surface area contributed by atoms with Gasteiger partial charge < -0.3 is 56.8 Å². The molecule has 1 heterocycles. The summed E-state index contributed by atoms with van der Waals surface area (Å²) in [6.45, 7) is -1.09. The molecule has 0 spiro atoms. The zero-order valence-corrected chi connectivity index (χ0v) is 32.2. The summed E-state index contributed by atoms with van der Waals surface area (Å²) < 4.78 is 70.4. The summed E-state index contributed by atoms with van der Waals surface area (Å²) >= 11 is 0. The van der Waals surface area contributed by atoms with Gasteiger partial charge in [-0.05, 0) is 40.1 Å². The lowest BCUT2D eigenvalue weighted by molar-refractivity contribution is 0.0370. The molecule has 14 heteroatoms. The number of rotatable bonds is 18. The van der Waals surface area contributed by atoms with Crippen molar-refractivity contribution in [3.8, 4) is 45.6 Å². The number of hydrogen-bond acceptors (Lipinski definition) is 14. The van der Waals surface area contributed by atoms with Crippen LogP contribution >= 0.6 is 0 Å². The number of ether oxygens (including phenoxy) is 12. The quantitative estimate of drug-likeness (QED) is 0.0647. The number of fused-ring (bicyclic) bond motifs is 4. The first-order chi connectivity index (χ1) is 28.0. The van der Waals surface area contributed by atoms with Gasteiger partial charge in [0.05, 0.1) is 24.3 Å². The van der Waals surface area contributed by atoms with Crippen LogP contribution in [0.1, 0.15) is 38.3 Å². The van der Waals surface area contributed by atoms with E-state index in [-0.39, 0.29) is 117 Å². The summed E-state index contributed by atoms with van der Waals surface area (Å²) in [7, 11) is 5.78. The molecule has 14 nitrogen and oxygen atoms in total. The molecule has 1 aliphatic rings. The zero-order valence-electron chi connectivity index (χ0n) is 32.2. The van der Waals surface area contributed by atoms with E-state index < -0.39 is 11.9 Å². The van der Waals surface area contributed by atoms with E-state index in [4.69, 9.17) is 56.8 Å². The number of carbonyl (C=O) groups excluding carboxylic acids is 2. The highest BCUT2D eigenvalue weighted by Crippen LogP contribution is 2.55. The van der Waals surface area contributed by atoms with Gasteiger partial charge in [-0.2, -0.15) is 0 Å². The average molecular weight is 785 g/mol. The molecule has 0 radical (unpaired) electrons. The Morgan fingerprint density at radius 3 is 1.47 bits per heavy atom. The molecule has 0 saturated carbocycles. The van der Waals surface area contributed by atoms with Gasteiger partial charge in [0, 0.05) is 46.0 Å². The van der Waals surface area contributed by atoms with Gasteiger partial charge in [0.15, 0.2) is 50.2 Å². The second kappa shape index (κ2) is 20.2. The molecule has 0 unspecified atom stereocenters. The fraction of sp³-hybridized carbons (Fsp3) is 0.302. The van der Waals surface area contributed by atoms with Crippen molar-refractivity contribution in [2.45, 2.75) is 19.6 Å². The summed E-state index contributed by atoms with van der Waals surface area (Å²) in [5.74, 6) is -1.34. The maximum absolute atomic E-state index is 14.2. The first kappa shape index (κ1) is 40.6. The number of hydrogen-bond donors (Lipinski definition) is 0. The van der Waals surface area contributed by atoms with Gasteiger partial charge in [0.2, 0.25) is 11.5 Å². The van der Waals surface area contributed by atoms with Gasteiger partial charge in [-0.15, -0.1) is 0 Å². The Bertz CT molecular complexity index is 2130. The summed E-state index contributed by atoms with van der Waals surface area (Å²) in [6, 6.07) is 26.2. The summed E-state index contributed by atoms with van der Waals surface area (Å²) in [4.78, 5) is 28.4. The van der Waals surface area contributed by atoms with E-state index >= 15 is 0 Å². The van der Waals surface area contributed by atoms with Crippen molar-refractivity contribution in [1.82, 2.24) is 0 Å². The first-order valence-electron chi connectivity index (χ1n) is 18.0. The van der Waals surface area contributed by atoms with Crippen LogP contribution in [0, 0.1) is 0 Å². The molecule has 6 rings (SSSR count). The van der Waals surface area contributed by atoms with Gasteiger partial charge >= 0.3 is 11.9 Å². The molecule has 5 aromatic carbocycles. The number of cyclic esters (lactones) is 2. The number of methoxy groups -OCH3 is 4. The maximum Gasteiger partial charge on any atom is 0.339 e. The minimum atomic E-state index is -0.764. The first-order valence-corrected chi connectivity index (χ1v) is 18.0. The van der Waals surface area contributed by atoms with Crippen LogP contribution in [-0.2, 0) is 41.6 Å². The number of esters is 2. The van der Waals surface area contributed by atoms with Crippen LogP contribution in [0.4, 0.5) is 0 Å². The standard InChI is InChI=1S/C43H44O14/c1-46-24-54-34-20-32-36(40(56-26-48-3)38(34)52-22-28-11-6-5-7-12-28)37-33(43(45)51-18-10-17-50-42(32)44)21-35(55-25-47-2)39(41(37)57-27-49-4)53-23-29-15-16-30-13-8-9-14-31(30)19-29/h5-9,11-16,19-21H,10,17-18,22-27H2,1-4H3. The molecule has 0 atom stereocenters. The lowest BCUT2D eigenvalue weighted by Crippen LogP contribution is -2.16. The minimum Gasteiger partial charge on any atom is -0.482 e. The topological polar surface area (TPSA) is 145 Å². The Kier molecular flexibility index (Phi) is 14.4. The van der Waals surface area contributed by atoms with Crippen molar-refractivity contribution < 1.29 is 66.4 Å². The maximum atomic E-state index is 14.2. The largest absolute Gasteiger partial charge is 0.482 e. The van der Waals surface area contributed by atoms with Gasteiger partial charge in [0.25, 0.3) is 0 Å². The van der Waals surface area contributed by atoms with Crippen LogP contribution in [0.5, 0.6) is 34.5 Å². The molecule has 0 saturated heterocycles. The Morgan fingerprint density at radius 2 is 0.947 bits per heavy atom. The Labute approximate surface area is 329 Å². The van der Waals surface area contributed by atoms with Crippen molar-refractivity contribution in [2.75, 3.05) is 68.8 Å². The van der Waals surface area contributed by atoms with Gasteiger partial charge in [-0.3, -0.25) is 0 Å². The molecule has 0 amide bonds. The monoisotopic (exact) mass is 784 g/mol. The second-order valence-electron chi connectivity index (χ2n) is 12.5. The SMILES string of the molecule is COCOc1cc2c(c(OCOC)c1OCc1ccccc1)-c1c(cc(OCOC)c(OCc3ccc4ccccc4c3)c1OCOC)C(=O)OCCCOC2=O. The Hall–Kier alpha value is -6.06. The van der Waals surface area contributed by atoms with Crippen LogP contribution in [0.15, 0.2) is 84.9 Å². The van der Waals surface area contributed by atoms with Gasteiger partial charge in [0.1, 0.15) is 13.2 Å². The average Bonchev–Trinajstić information content (AvgIpc) is 3.26. The van der Waals surface area contributed by atoms with Gasteiger partial charge in [-0.25, -0.2) is 9.59 Å². The highest BCUT2D eigenvalue weighted by molar-refractivity contribution is 6.08. The number of benzene rings is 5. The summed E-state index contributed by atoms with van der Waals surface area (Å²) in [6.07, 6.45) is 0.216. The molecule has 0 aliphatic carbocycles. The highest BCUT2D eigenvalue weighted by Gasteiger charge is 2.36. The van der Waals surface area contributed by atoms with E-state index in [0.29, 0.717) is 0 Å². The van der Waals surface area contributed by atoms with Gasteiger partial charge in [-0.1, -0.05) is 66.7 Å².